The SMILES string of the molecule is CC1(C)CC(NCC(O)COc2ccc(-c3ccccc3)cc2)CC(C)(C)N1. The van der Waals surface area contributed by atoms with Crippen molar-refractivity contribution in [2.75, 3.05) is 13.2 Å². The molecule has 0 saturated carbocycles. The minimum atomic E-state index is -0.532. The minimum Gasteiger partial charge on any atom is -0.491 e. The van der Waals surface area contributed by atoms with Crippen molar-refractivity contribution in [3.05, 3.63) is 54.6 Å². The fourth-order valence-electron chi connectivity index (χ4n) is 4.39. The maximum Gasteiger partial charge on any atom is 0.119 e. The second-order valence-corrected chi connectivity index (χ2v) is 9.26. The van der Waals surface area contributed by atoms with Gasteiger partial charge in [-0.1, -0.05) is 42.5 Å². The molecule has 3 rings (SSSR count). The normalized spacial score (nSPS) is 19.9. The van der Waals surface area contributed by atoms with E-state index in [1.165, 1.54) is 5.56 Å². The van der Waals surface area contributed by atoms with Crippen molar-refractivity contribution in [2.24, 2.45) is 0 Å². The predicted molar refractivity (Wildman–Crippen MR) is 116 cm³/mol. The number of piperidine rings is 1. The molecule has 2 aromatic carbocycles. The van der Waals surface area contributed by atoms with Crippen LogP contribution in [0.3, 0.4) is 0 Å². The minimum absolute atomic E-state index is 0.0986. The average Bonchev–Trinajstić information content (AvgIpc) is 2.63. The summed E-state index contributed by atoms with van der Waals surface area (Å²) in [6.45, 7) is 9.78. The molecule has 0 aromatic heterocycles. The third-order valence-corrected chi connectivity index (χ3v) is 5.24. The largest absolute Gasteiger partial charge is 0.491 e. The number of benzene rings is 2. The van der Waals surface area contributed by atoms with E-state index in [2.05, 4.69) is 62.6 Å². The maximum atomic E-state index is 10.3. The van der Waals surface area contributed by atoms with Crippen LogP contribution in [0.15, 0.2) is 54.6 Å². The van der Waals surface area contributed by atoms with Gasteiger partial charge in [-0.15, -0.1) is 0 Å². The molecule has 4 nitrogen and oxygen atoms in total. The van der Waals surface area contributed by atoms with Crippen molar-refractivity contribution in [1.29, 1.82) is 0 Å². The van der Waals surface area contributed by atoms with Crippen LogP contribution in [-0.2, 0) is 0 Å². The summed E-state index contributed by atoms with van der Waals surface area (Å²) in [5.74, 6) is 0.780. The Morgan fingerprint density at radius 2 is 1.54 bits per heavy atom. The van der Waals surface area contributed by atoms with Crippen LogP contribution in [0, 0.1) is 0 Å². The van der Waals surface area contributed by atoms with Gasteiger partial charge in [-0.25, -0.2) is 0 Å². The van der Waals surface area contributed by atoms with E-state index in [0.29, 0.717) is 12.6 Å². The second kappa shape index (κ2) is 8.64. The van der Waals surface area contributed by atoms with E-state index in [4.69, 9.17) is 4.74 Å². The van der Waals surface area contributed by atoms with Crippen molar-refractivity contribution in [3.63, 3.8) is 0 Å². The third-order valence-electron chi connectivity index (χ3n) is 5.24. The Morgan fingerprint density at radius 3 is 2.14 bits per heavy atom. The van der Waals surface area contributed by atoms with E-state index in [0.717, 1.165) is 24.2 Å². The Balaban J connectivity index is 1.45. The van der Waals surface area contributed by atoms with Crippen LogP contribution in [0.5, 0.6) is 5.75 Å². The monoisotopic (exact) mass is 382 g/mol. The lowest BCUT2D eigenvalue weighted by molar-refractivity contribution is 0.0901. The first-order valence-corrected chi connectivity index (χ1v) is 10.2. The quantitative estimate of drug-likeness (QED) is 0.678. The molecule has 0 radical (unpaired) electrons. The van der Waals surface area contributed by atoms with Crippen LogP contribution in [0.1, 0.15) is 40.5 Å². The smallest absolute Gasteiger partial charge is 0.119 e. The van der Waals surface area contributed by atoms with Crippen molar-refractivity contribution in [1.82, 2.24) is 10.6 Å². The zero-order valence-electron chi connectivity index (χ0n) is 17.5. The van der Waals surface area contributed by atoms with Crippen molar-refractivity contribution in [3.8, 4) is 16.9 Å². The summed E-state index contributed by atoms with van der Waals surface area (Å²) in [6, 6.07) is 18.7. The first-order chi connectivity index (χ1) is 13.2. The van der Waals surface area contributed by atoms with Crippen LogP contribution in [0.25, 0.3) is 11.1 Å². The maximum absolute atomic E-state index is 10.3. The molecule has 1 aliphatic rings. The van der Waals surface area contributed by atoms with Crippen LogP contribution in [0.2, 0.25) is 0 Å². The molecule has 1 aliphatic heterocycles. The van der Waals surface area contributed by atoms with Gasteiger partial charge in [0, 0.05) is 23.7 Å². The number of aliphatic hydroxyl groups excluding tert-OH is 1. The number of nitrogens with one attached hydrogen (secondary N) is 2. The summed E-state index contributed by atoms with van der Waals surface area (Å²) in [5.41, 5.74) is 2.54. The van der Waals surface area contributed by atoms with Gasteiger partial charge in [-0.2, -0.15) is 0 Å². The molecular formula is C24H34N2O2. The van der Waals surface area contributed by atoms with Gasteiger partial charge in [0.2, 0.25) is 0 Å². The first kappa shape index (κ1) is 20.8. The van der Waals surface area contributed by atoms with Gasteiger partial charge >= 0.3 is 0 Å². The number of ether oxygens (including phenoxy) is 1. The van der Waals surface area contributed by atoms with Crippen LogP contribution in [0.4, 0.5) is 0 Å². The van der Waals surface area contributed by atoms with Crippen molar-refractivity contribution >= 4 is 0 Å². The lowest BCUT2D eigenvalue weighted by Crippen LogP contribution is -2.62. The van der Waals surface area contributed by atoms with Gasteiger partial charge in [-0.3, -0.25) is 0 Å². The Kier molecular flexibility index (Phi) is 6.43. The first-order valence-electron chi connectivity index (χ1n) is 10.2. The fraction of sp³-hybridized carbons (Fsp3) is 0.500. The summed E-state index contributed by atoms with van der Waals surface area (Å²) in [6.07, 6.45) is 1.56. The van der Waals surface area contributed by atoms with E-state index >= 15 is 0 Å². The molecule has 1 saturated heterocycles. The molecule has 1 fully saturated rings. The molecule has 28 heavy (non-hydrogen) atoms. The van der Waals surface area contributed by atoms with E-state index in [9.17, 15) is 5.11 Å². The number of hydrogen-bond acceptors (Lipinski definition) is 4. The van der Waals surface area contributed by atoms with Gasteiger partial charge in [0.15, 0.2) is 0 Å². The summed E-state index contributed by atoms with van der Waals surface area (Å²) >= 11 is 0. The molecule has 1 atom stereocenters. The van der Waals surface area contributed by atoms with E-state index in [-0.39, 0.29) is 17.7 Å². The van der Waals surface area contributed by atoms with Gasteiger partial charge < -0.3 is 20.5 Å². The highest BCUT2D eigenvalue weighted by Gasteiger charge is 2.37. The highest BCUT2D eigenvalue weighted by Crippen LogP contribution is 2.28. The van der Waals surface area contributed by atoms with Gasteiger partial charge in [0.05, 0.1) is 0 Å². The van der Waals surface area contributed by atoms with Crippen LogP contribution in [-0.4, -0.2) is 41.5 Å². The van der Waals surface area contributed by atoms with Gasteiger partial charge in [0.25, 0.3) is 0 Å². The van der Waals surface area contributed by atoms with E-state index < -0.39 is 6.10 Å². The lowest BCUT2D eigenvalue weighted by Gasteiger charge is -2.47. The van der Waals surface area contributed by atoms with Crippen LogP contribution >= 0.6 is 0 Å². The molecular weight excluding hydrogens is 348 g/mol. The lowest BCUT2D eigenvalue weighted by atomic mass is 9.79. The molecule has 0 amide bonds. The molecule has 3 N–H and O–H groups in total. The summed E-state index contributed by atoms with van der Waals surface area (Å²) < 4.78 is 5.78. The Bertz CT molecular complexity index is 725. The van der Waals surface area contributed by atoms with E-state index in [1.54, 1.807) is 0 Å². The molecule has 152 valence electrons. The Morgan fingerprint density at radius 1 is 0.964 bits per heavy atom. The highest BCUT2D eigenvalue weighted by molar-refractivity contribution is 5.63. The fourth-order valence-corrected chi connectivity index (χ4v) is 4.39. The number of aliphatic hydroxyl groups is 1. The Hall–Kier alpha value is -1.88. The van der Waals surface area contributed by atoms with Gasteiger partial charge in [0.1, 0.15) is 18.5 Å². The molecule has 0 spiro atoms. The van der Waals surface area contributed by atoms with E-state index in [1.807, 2.05) is 30.3 Å². The van der Waals surface area contributed by atoms with Crippen molar-refractivity contribution in [2.45, 2.75) is 63.8 Å². The topological polar surface area (TPSA) is 53.5 Å². The molecule has 1 unspecified atom stereocenters. The summed E-state index contributed by atoms with van der Waals surface area (Å²) in [5, 5.41) is 17.5. The number of rotatable bonds is 7. The molecule has 2 aromatic rings. The Labute approximate surface area is 169 Å². The van der Waals surface area contributed by atoms with Crippen molar-refractivity contribution < 1.29 is 9.84 Å². The molecule has 0 aliphatic carbocycles. The zero-order valence-corrected chi connectivity index (χ0v) is 17.5. The standard InChI is InChI=1S/C24H34N2O2/c1-23(2)14-20(15-24(3,4)26-23)25-16-21(27)17-28-22-12-10-19(11-13-22)18-8-6-5-7-9-18/h5-13,20-21,25-27H,14-17H2,1-4H3. The second-order valence-electron chi connectivity index (χ2n) is 9.26. The number of hydrogen-bond donors (Lipinski definition) is 3. The average molecular weight is 383 g/mol. The van der Waals surface area contributed by atoms with Gasteiger partial charge in [-0.05, 0) is 63.8 Å². The third kappa shape index (κ3) is 6.06. The molecule has 1 heterocycles. The zero-order chi connectivity index (χ0) is 20.2. The predicted octanol–water partition coefficient (Wildman–Crippen LogP) is 3.99. The summed E-state index contributed by atoms with van der Waals surface area (Å²) in [4.78, 5) is 0. The molecule has 4 heteroatoms. The van der Waals surface area contributed by atoms with Crippen LogP contribution < -0.4 is 15.4 Å². The summed E-state index contributed by atoms with van der Waals surface area (Å²) in [7, 11) is 0. The highest BCUT2D eigenvalue weighted by atomic mass is 16.5. The molecule has 0 bridgehead atoms.